The number of likely N-dealkylation sites (N-methyl/N-ethyl adjacent to an activating group) is 1. The number of nitrogens with zero attached hydrogens (tertiary/aromatic N) is 2. The summed E-state index contributed by atoms with van der Waals surface area (Å²) >= 11 is 0. The first-order valence-corrected chi connectivity index (χ1v) is 10.4. The van der Waals surface area contributed by atoms with Crippen molar-refractivity contribution in [3.8, 4) is 0 Å². The Morgan fingerprint density at radius 2 is 1.70 bits per heavy atom. The third-order valence-electron chi connectivity index (χ3n) is 5.49. The van der Waals surface area contributed by atoms with E-state index in [-0.39, 0.29) is 17.2 Å². The van der Waals surface area contributed by atoms with Crippen LogP contribution < -0.4 is 0 Å². The first kappa shape index (κ1) is 23.9. The number of nitro benzene ring substituents is 1. The fraction of sp³-hybridized carbons (Fsp3) is 0.375. The van der Waals surface area contributed by atoms with Gasteiger partial charge >= 0.3 is 12.1 Å². The summed E-state index contributed by atoms with van der Waals surface area (Å²) in [6, 6.07) is 14.3. The van der Waals surface area contributed by atoms with Crippen molar-refractivity contribution in [2.24, 2.45) is 0 Å². The molecule has 0 radical (unpaired) electrons. The molecule has 33 heavy (non-hydrogen) atoms. The average molecular weight is 454 g/mol. The van der Waals surface area contributed by atoms with Crippen LogP contribution in [0.5, 0.6) is 0 Å². The Hall–Kier alpha value is -3.75. The predicted molar refractivity (Wildman–Crippen MR) is 119 cm³/mol. The molecule has 2 aromatic rings. The Bertz CT molecular complexity index is 1060. The van der Waals surface area contributed by atoms with Crippen molar-refractivity contribution in [1.29, 1.82) is 0 Å². The normalized spacial score (nSPS) is 19.3. The van der Waals surface area contributed by atoms with Crippen molar-refractivity contribution in [2.45, 2.75) is 44.2 Å². The number of carbonyl (C=O) groups is 3. The van der Waals surface area contributed by atoms with E-state index in [1.54, 1.807) is 20.8 Å². The van der Waals surface area contributed by atoms with Crippen LogP contribution in [0.4, 0.5) is 10.5 Å². The minimum Gasteiger partial charge on any atom is -0.456 e. The smallest absolute Gasteiger partial charge is 0.411 e. The molecule has 0 N–H and O–H groups in total. The number of benzene rings is 2. The molecule has 3 rings (SSSR count). The molecule has 174 valence electrons. The van der Waals surface area contributed by atoms with E-state index < -0.39 is 40.5 Å². The highest BCUT2D eigenvalue weighted by molar-refractivity contribution is 5.99. The summed E-state index contributed by atoms with van der Waals surface area (Å²) in [5, 5.41) is 10.8. The summed E-state index contributed by atoms with van der Waals surface area (Å²) in [6.07, 6.45) is -0.336. The maximum Gasteiger partial charge on any atom is 0.411 e. The van der Waals surface area contributed by atoms with E-state index in [2.05, 4.69) is 0 Å². The lowest BCUT2D eigenvalue weighted by Crippen LogP contribution is -2.49. The second kappa shape index (κ2) is 9.01. The Morgan fingerprint density at radius 3 is 2.24 bits per heavy atom. The molecular formula is C24H26N2O7. The van der Waals surface area contributed by atoms with Crippen LogP contribution in [0, 0.1) is 10.1 Å². The lowest BCUT2D eigenvalue weighted by Gasteiger charge is -2.30. The number of rotatable bonds is 7. The SMILES string of the molecule is CN(C(=O)OC(C)(C)C)C1(C(=O)OCC(=O)c2ccc([N+](=O)[O-])cc2)C[C@H]1c1ccccc1. The number of hydrogen-bond acceptors (Lipinski definition) is 7. The highest BCUT2D eigenvalue weighted by Crippen LogP contribution is 2.56. The molecule has 0 aromatic heterocycles. The van der Waals surface area contributed by atoms with Gasteiger partial charge in [0.1, 0.15) is 5.60 Å². The molecule has 9 nitrogen and oxygen atoms in total. The van der Waals surface area contributed by atoms with E-state index in [0.717, 1.165) is 5.56 Å². The molecule has 2 atom stereocenters. The topological polar surface area (TPSA) is 116 Å². The van der Waals surface area contributed by atoms with Crippen LogP contribution in [0.3, 0.4) is 0 Å². The Labute approximate surface area is 191 Å². The van der Waals surface area contributed by atoms with Crippen LogP contribution in [0.1, 0.15) is 49.0 Å². The van der Waals surface area contributed by atoms with E-state index >= 15 is 0 Å². The zero-order valence-corrected chi connectivity index (χ0v) is 18.9. The summed E-state index contributed by atoms with van der Waals surface area (Å²) in [5.74, 6) is -1.52. The monoisotopic (exact) mass is 454 g/mol. The van der Waals surface area contributed by atoms with Gasteiger partial charge in [0.05, 0.1) is 4.92 Å². The van der Waals surface area contributed by atoms with Gasteiger partial charge in [0.15, 0.2) is 17.9 Å². The lowest BCUT2D eigenvalue weighted by atomic mass is 10.1. The van der Waals surface area contributed by atoms with Crippen molar-refractivity contribution in [3.63, 3.8) is 0 Å². The molecule has 1 aliphatic carbocycles. The quantitative estimate of drug-likeness (QED) is 0.267. The Morgan fingerprint density at radius 1 is 1.09 bits per heavy atom. The standard InChI is InChI=1S/C24H26N2O7/c1-23(2,3)33-22(29)25(4)24(14-19(24)16-8-6-5-7-9-16)21(28)32-15-20(27)17-10-12-18(13-11-17)26(30)31/h5-13,19H,14-15H2,1-4H3/t19-,24?/m0/s1. The highest BCUT2D eigenvalue weighted by Gasteiger charge is 2.66. The van der Waals surface area contributed by atoms with Gasteiger partial charge in [-0.3, -0.25) is 19.8 Å². The largest absolute Gasteiger partial charge is 0.456 e. The summed E-state index contributed by atoms with van der Waals surface area (Å²) in [4.78, 5) is 49.9. The summed E-state index contributed by atoms with van der Waals surface area (Å²) in [6.45, 7) is 4.64. The first-order chi connectivity index (χ1) is 15.5. The molecular weight excluding hydrogens is 428 g/mol. The van der Waals surface area contributed by atoms with Gasteiger partial charge in [0.25, 0.3) is 5.69 Å². The van der Waals surface area contributed by atoms with E-state index in [1.807, 2.05) is 30.3 Å². The van der Waals surface area contributed by atoms with Gasteiger partial charge in [0.2, 0.25) is 0 Å². The minimum atomic E-state index is -1.29. The highest BCUT2D eigenvalue weighted by atomic mass is 16.6. The molecule has 1 saturated carbocycles. The van der Waals surface area contributed by atoms with Crippen molar-refractivity contribution in [1.82, 2.24) is 4.90 Å². The van der Waals surface area contributed by atoms with Crippen molar-refractivity contribution < 1.29 is 28.8 Å². The van der Waals surface area contributed by atoms with Gasteiger partial charge in [-0.1, -0.05) is 30.3 Å². The molecule has 0 spiro atoms. The van der Waals surface area contributed by atoms with E-state index in [1.165, 1.54) is 36.2 Å². The number of ether oxygens (including phenoxy) is 2. The molecule has 2 aromatic carbocycles. The molecule has 1 amide bonds. The van der Waals surface area contributed by atoms with E-state index in [9.17, 15) is 24.5 Å². The fourth-order valence-electron chi connectivity index (χ4n) is 3.67. The minimum absolute atomic E-state index is 0.148. The predicted octanol–water partition coefficient (Wildman–Crippen LogP) is 4.11. The van der Waals surface area contributed by atoms with E-state index in [0.29, 0.717) is 6.42 Å². The number of amides is 1. The van der Waals surface area contributed by atoms with Crippen LogP contribution >= 0.6 is 0 Å². The van der Waals surface area contributed by atoms with Crippen molar-refractivity contribution in [2.75, 3.05) is 13.7 Å². The molecule has 1 aliphatic rings. The van der Waals surface area contributed by atoms with Gasteiger partial charge in [-0.2, -0.15) is 0 Å². The summed E-state index contributed by atoms with van der Waals surface area (Å²) in [7, 11) is 1.48. The molecule has 0 saturated heterocycles. The number of hydrogen-bond donors (Lipinski definition) is 0. The summed E-state index contributed by atoms with van der Waals surface area (Å²) in [5.41, 5.74) is -1.14. The van der Waals surface area contributed by atoms with Gasteiger partial charge in [-0.25, -0.2) is 9.59 Å². The zero-order valence-electron chi connectivity index (χ0n) is 18.9. The first-order valence-electron chi connectivity index (χ1n) is 10.4. The van der Waals surface area contributed by atoms with Gasteiger partial charge in [-0.05, 0) is 44.9 Å². The van der Waals surface area contributed by atoms with E-state index in [4.69, 9.17) is 9.47 Å². The fourth-order valence-corrected chi connectivity index (χ4v) is 3.67. The second-order valence-electron chi connectivity index (χ2n) is 8.93. The van der Waals surface area contributed by atoms with Gasteiger partial charge in [0, 0.05) is 30.7 Å². The Kier molecular flexibility index (Phi) is 6.53. The number of esters is 1. The van der Waals surface area contributed by atoms with Crippen LogP contribution in [0.2, 0.25) is 0 Å². The molecule has 1 fully saturated rings. The Balaban J connectivity index is 1.76. The second-order valence-corrected chi connectivity index (χ2v) is 8.93. The summed E-state index contributed by atoms with van der Waals surface area (Å²) < 4.78 is 10.8. The maximum atomic E-state index is 13.2. The lowest BCUT2D eigenvalue weighted by molar-refractivity contribution is -0.384. The third-order valence-corrected chi connectivity index (χ3v) is 5.49. The van der Waals surface area contributed by atoms with Gasteiger partial charge in [-0.15, -0.1) is 0 Å². The average Bonchev–Trinajstić information content (AvgIpc) is 3.53. The molecule has 0 aliphatic heterocycles. The molecule has 9 heteroatoms. The van der Waals surface area contributed by atoms with Crippen LogP contribution in [-0.2, 0) is 14.3 Å². The molecule has 1 unspecified atom stereocenters. The van der Waals surface area contributed by atoms with Gasteiger partial charge < -0.3 is 9.47 Å². The maximum absolute atomic E-state index is 13.2. The number of non-ortho nitro benzene ring substituents is 1. The van der Waals surface area contributed by atoms with Crippen LogP contribution in [-0.4, -0.2) is 52.5 Å². The van der Waals surface area contributed by atoms with Crippen molar-refractivity contribution in [3.05, 3.63) is 75.8 Å². The third kappa shape index (κ3) is 5.19. The zero-order chi connectivity index (χ0) is 24.4. The number of nitro groups is 1. The number of carbonyl (C=O) groups excluding carboxylic acids is 3. The number of Topliss-reactive ketones (excluding diaryl/α,β-unsaturated/α-hetero) is 1. The van der Waals surface area contributed by atoms with Crippen molar-refractivity contribution >= 4 is 23.5 Å². The number of ketones is 1. The molecule has 0 heterocycles. The van der Waals surface area contributed by atoms with Crippen LogP contribution in [0.15, 0.2) is 54.6 Å². The van der Waals surface area contributed by atoms with Crippen LogP contribution in [0.25, 0.3) is 0 Å². The molecule has 0 bridgehead atoms.